The molecule has 1 N–H and O–H groups in total. The molecule has 0 saturated heterocycles. The van der Waals surface area contributed by atoms with Crippen molar-refractivity contribution in [3.63, 3.8) is 0 Å². The molecular formula is C15H17ClN2O. The third kappa shape index (κ3) is 3.86. The molecule has 19 heavy (non-hydrogen) atoms. The van der Waals surface area contributed by atoms with Crippen molar-refractivity contribution in [1.82, 2.24) is 4.98 Å². The Hall–Kier alpha value is -1.74. The van der Waals surface area contributed by atoms with Crippen LogP contribution in [0, 0.1) is 6.92 Å². The van der Waals surface area contributed by atoms with Crippen molar-refractivity contribution in [3.05, 3.63) is 47.1 Å². The number of nitrogens with zero attached hydrogens (tertiary/aromatic N) is 1. The van der Waals surface area contributed by atoms with Crippen LogP contribution < -0.4 is 10.1 Å². The lowest BCUT2D eigenvalue weighted by Gasteiger charge is -2.09. The summed E-state index contributed by atoms with van der Waals surface area (Å²) in [5.41, 5.74) is 0.998. The third-order valence-electron chi connectivity index (χ3n) is 2.65. The van der Waals surface area contributed by atoms with E-state index in [-0.39, 0.29) is 0 Å². The van der Waals surface area contributed by atoms with Crippen LogP contribution in [0.4, 0.5) is 5.82 Å². The van der Waals surface area contributed by atoms with Crippen molar-refractivity contribution in [2.45, 2.75) is 20.3 Å². The summed E-state index contributed by atoms with van der Waals surface area (Å²) in [6.07, 6.45) is 2.79. The number of anilines is 1. The average Bonchev–Trinajstić information content (AvgIpc) is 2.41. The summed E-state index contributed by atoms with van der Waals surface area (Å²) in [4.78, 5) is 4.24. The van der Waals surface area contributed by atoms with Gasteiger partial charge in [0.05, 0.1) is 0 Å². The van der Waals surface area contributed by atoms with Crippen LogP contribution in [-0.2, 0) is 0 Å². The molecule has 0 radical (unpaired) electrons. The molecule has 100 valence electrons. The Bertz CT molecular complexity index is 558. The van der Waals surface area contributed by atoms with Gasteiger partial charge in [-0.15, -0.1) is 0 Å². The van der Waals surface area contributed by atoms with Crippen molar-refractivity contribution in [1.29, 1.82) is 0 Å². The zero-order chi connectivity index (χ0) is 13.7. The van der Waals surface area contributed by atoms with Crippen LogP contribution in [0.25, 0.3) is 0 Å². The number of aryl methyl sites for hydroxylation is 1. The molecule has 0 bridgehead atoms. The molecule has 0 atom stereocenters. The van der Waals surface area contributed by atoms with E-state index in [1.807, 2.05) is 37.3 Å². The van der Waals surface area contributed by atoms with Crippen molar-refractivity contribution < 1.29 is 4.74 Å². The van der Waals surface area contributed by atoms with Gasteiger partial charge in [-0.3, -0.25) is 0 Å². The largest absolute Gasteiger partial charge is 0.457 e. The fourth-order valence-corrected chi connectivity index (χ4v) is 1.76. The highest BCUT2D eigenvalue weighted by molar-refractivity contribution is 6.31. The molecule has 1 heterocycles. The van der Waals surface area contributed by atoms with Crippen LogP contribution in [0.5, 0.6) is 11.5 Å². The molecular weight excluding hydrogens is 260 g/mol. The Labute approximate surface area is 118 Å². The molecule has 3 nitrogen and oxygen atoms in total. The molecule has 2 aromatic rings. The van der Waals surface area contributed by atoms with Crippen molar-refractivity contribution in [3.8, 4) is 11.5 Å². The number of hydrogen-bond acceptors (Lipinski definition) is 3. The normalized spacial score (nSPS) is 10.3. The first-order valence-electron chi connectivity index (χ1n) is 6.33. The zero-order valence-corrected chi connectivity index (χ0v) is 11.9. The van der Waals surface area contributed by atoms with E-state index in [4.69, 9.17) is 16.3 Å². The molecule has 4 heteroatoms. The van der Waals surface area contributed by atoms with Gasteiger partial charge in [-0.1, -0.05) is 18.5 Å². The topological polar surface area (TPSA) is 34.1 Å². The second-order valence-corrected chi connectivity index (χ2v) is 4.72. The Morgan fingerprint density at radius 3 is 2.74 bits per heavy atom. The van der Waals surface area contributed by atoms with Gasteiger partial charge in [-0.2, -0.15) is 0 Å². The average molecular weight is 277 g/mol. The lowest BCUT2D eigenvalue weighted by atomic mass is 10.2. The number of nitrogens with one attached hydrogen (secondary N) is 1. The fourth-order valence-electron chi connectivity index (χ4n) is 1.64. The van der Waals surface area contributed by atoms with E-state index in [2.05, 4.69) is 17.2 Å². The Balaban J connectivity index is 2.11. The van der Waals surface area contributed by atoms with Gasteiger partial charge in [-0.05, 0) is 43.2 Å². The number of rotatable bonds is 5. The second kappa shape index (κ2) is 6.43. The van der Waals surface area contributed by atoms with Gasteiger partial charge in [0, 0.05) is 23.8 Å². The van der Waals surface area contributed by atoms with Crippen molar-refractivity contribution in [2.24, 2.45) is 0 Å². The predicted octanol–water partition coefficient (Wildman–Crippen LogP) is 4.66. The van der Waals surface area contributed by atoms with Gasteiger partial charge < -0.3 is 10.1 Å². The molecule has 0 fully saturated rings. The van der Waals surface area contributed by atoms with Gasteiger partial charge in [0.1, 0.15) is 17.3 Å². The monoisotopic (exact) mass is 276 g/mol. The number of aromatic nitrogens is 1. The first-order valence-corrected chi connectivity index (χ1v) is 6.71. The zero-order valence-electron chi connectivity index (χ0n) is 11.1. The van der Waals surface area contributed by atoms with E-state index in [9.17, 15) is 0 Å². The molecule has 0 saturated carbocycles. The van der Waals surface area contributed by atoms with Gasteiger partial charge in [0.25, 0.3) is 0 Å². The fraction of sp³-hybridized carbons (Fsp3) is 0.267. The number of hydrogen-bond donors (Lipinski definition) is 1. The molecule has 0 aliphatic rings. The number of benzene rings is 1. The molecule has 1 aromatic carbocycles. The summed E-state index contributed by atoms with van der Waals surface area (Å²) in [5.74, 6) is 2.36. The highest BCUT2D eigenvalue weighted by atomic mass is 35.5. The Kier molecular flexibility index (Phi) is 4.63. The minimum Gasteiger partial charge on any atom is -0.457 e. The summed E-state index contributed by atoms with van der Waals surface area (Å²) in [6.45, 7) is 4.97. The van der Waals surface area contributed by atoms with Crippen LogP contribution in [0.3, 0.4) is 0 Å². The molecule has 0 unspecified atom stereocenters. The van der Waals surface area contributed by atoms with Gasteiger partial charge >= 0.3 is 0 Å². The van der Waals surface area contributed by atoms with E-state index in [0.717, 1.165) is 40.9 Å². The smallest absolute Gasteiger partial charge is 0.132 e. The lowest BCUT2D eigenvalue weighted by Crippen LogP contribution is -2.01. The molecule has 0 aliphatic heterocycles. The standard InChI is InChI=1S/C15H17ClN2O/c1-3-7-17-15-10-13(6-8-18-15)19-12-4-5-14(16)11(2)9-12/h4-6,8-10H,3,7H2,1-2H3,(H,17,18). The summed E-state index contributed by atoms with van der Waals surface area (Å²) in [5, 5.41) is 3.97. The van der Waals surface area contributed by atoms with Crippen LogP contribution >= 0.6 is 11.6 Å². The Morgan fingerprint density at radius 1 is 1.21 bits per heavy atom. The van der Waals surface area contributed by atoms with Gasteiger partial charge in [0.15, 0.2) is 0 Å². The number of pyridine rings is 1. The predicted molar refractivity (Wildman–Crippen MR) is 79.3 cm³/mol. The highest BCUT2D eigenvalue weighted by Gasteiger charge is 2.02. The quantitative estimate of drug-likeness (QED) is 0.862. The maximum atomic E-state index is 5.99. The molecule has 2 rings (SSSR count). The van der Waals surface area contributed by atoms with Gasteiger partial charge in [0.2, 0.25) is 0 Å². The van der Waals surface area contributed by atoms with E-state index in [0.29, 0.717) is 0 Å². The number of halogens is 1. The molecule has 0 amide bonds. The maximum absolute atomic E-state index is 5.99. The van der Waals surface area contributed by atoms with Crippen LogP contribution in [-0.4, -0.2) is 11.5 Å². The van der Waals surface area contributed by atoms with Crippen LogP contribution in [0.1, 0.15) is 18.9 Å². The Morgan fingerprint density at radius 2 is 2.00 bits per heavy atom. The highest BCUT2D eigenvalue weighted by Crippen LogP contribution is 2.26. The third-order valence-corrected chi connectivity index (χ3v) is 3.08. The first kappa shape index (κ1) is 13.7. The summed E-state index contributed by atoms with van der Waals surface area (Å²) < 4.78 is 5.80. The minimum atomic E-state index is 0.743. The van der Waals surface area contributed by atoms with E-state index in [1.54, 1.807) is 6.20 Å². The van der Waals surface area contributed by atoms with Crippen LogP contribution in [0.15, 0.2) is 36.5 Å². The van der Waals surface area contributed by atoms with E-state index >= 15 is 0 Å². The van der Waals surface area contributed by atoms with Crippen LogP contribution in [0.2, 0.25) is 5.02 Å². The summed E-state index contributed by atoms with van der Waals surface area (Å²) in [6, 6.07) is 9.33. The van der Waals surface area contributed by atoms with Gasteiger partial charge in [-0.25, -0.2) is 4.98 Å². The molecule has 1 aromatic heterocycles. The number of ether oxygens (including phenoxy) is 1. The lowest BCUT2D eigenvalue weighted by molar-refractivity contribution is 0.482. The molecule has 0 spiro atoms. The first-order chi connectivity index (χ1) is 9.19. The summed E-state index contributed by atoms with van der Waals surface area (Å²) >= 11 is 5.99. The minimum absolute atomic E-state index is 0.743. The SMILES string of the molecule is CCCNc1cc(Oc2ccc(Cl)c(C)c2)ccn1. The second-order valence-electron chi connectivity index (χ2n) is 4.32. The van der Waals surface area contributed by atoms with E-state index < -0.39 is 0 Å². The van der Waals surface area contributed by atoms with Crippen molar-refractivity contribution in [2.75, 3.05) is 11.9 Å². The molecule has 0 aliphatic carbocycles. The van der Waals surface area contributed by atoms with Crippen molar-refractivity contribution >= 4 is 17.4 Å². The maximum Gasteiger partial charge on any atom is 0.132 e. The van der Waals surface area contributed by atoms with E-state index in [1.165, 1.54) is 0 Å². The summed E-state index contributed by atoms with van der Waals surface area (Å²) in [7, 11) is 0.